The molecule has 1 aromatic rings. The molecule has 0 amide bonds. The minimum atomic E-state index is 0.417. The molecule has 1 aliphatic carbocycles. The molecule has 2 rings (SSSR count). The molecule has 0 aliphatic heterocycles. The van der Waals surface area contributed by atoms with Gasteiger partial charge < -0.3 is 10.6 Å². The van der Waals surface area contributed by atoms with E-state index in [-0.39, 0.29) is 0 Å². The van der Waals surface area contributed by atoms with Crippen LogP contribution in [0.25, 0.3) is 0 Å². The van der Waals surface area contributed by atoms with Crippen LogP contribution in [0, 0.1) is 5.92 Å². The fourth-order valence-corrected chi connectivity index (χ4v) is 2.56. The maximum absolute atomic E-state index is 6.08. The highest BCUT2D eigenvalue weighted by atomic mass is 15.1. The van der Waals surface area contributed by atoms with E-state index in [1.54, 1.807) is 0 Å². The normalized spacial score (nSPS) is 25.2. The number of aromatic nitrogens is 1. The Bertz CT molecular complexity index is 312. The molecule has 1 fully saturated rings. The lowest BCUT2D eigenvalue weighted by atomic mass is 10.0. The molecule has 0 aromatic carbocycles. The van der Waals surface area contributed by atoms with E-state index >= 15 is 0 Å². The summed E-state index contributed by atoms with van der Waals surface area (Å²) >= 11 is 0. The Hall–Kier alpha value is -0.930. The third-order valence-electron chi connectivity index (χ3n) is 3.47. The number of hydrogen-bond donors (Lipinski definition) is 1. The predicted molar refractivity (Wildman–Crippen MR) is 65.9 cm³/mol. The largest absolute Gasteiger partial charge is 0.327 e. The van der Waals surface area contributed by atoms with Crippen molar-refractivity contribution in [2.24, 2.45) is 11.7 Å². The standard InChI is InChI=1S/C13H21N3/c1-16(9-11-5-7-15-8-6-11)10-12-3-2-4-13(12)14/h5-8,12-13H,2-4,9-10,14H2,1H3. The molecule has 16 heavy (non-hydrogen) atoms. The van der Waals surface area contributed by atoms with Crippen LogP contribution in [0.15, 0.2) is 24.5 Å². The number of rotatable bonds is 4. The maximum atomic E-state index is 6.08. The molecule has 0 saturated heterocycles. The minimum Gasteiger partial charge on any atom is -0.327 e. The second-order valence-corrected chi connectivity index (χ2v) is 4.91. The van der Waals surface area contributed by atoms with Gasteiger partial charge in [0.25, 0.3) is 0 Å². The van der Waals surface area contributed by atoms with Crippen LogP contribution in [0.3, 0.4) is 0 Å². The van der Waals surface area contributed by atoms with Gasteiger partial charge in [0.05, 0.1) is 0 Å². The van der Waals surface area contributed by atoms with Gasteiger partial charge in [-0.25, -0.2) is 0 Å². The van der Waals surface area contributed by atoms with Gasteiger partial charge in [-0.2, -0.15) is 0 Å². The molecule has 2 N–H and O–H groups in total. The summed E-state index contributed by atoms with van der Waals surface area (Å²) in [6.45, 7) is 2.11. The van der Waals surface area contributed by atoms with E-state index in [1.807, 2.05) is 12.4 Å². The zero-order chi connectivity index (χ0) is 11.4. The number of pyridine rings is 1. The predicted octanol–water partition coefficient (Wildman–Crippen LogP) is 1.64. The van der Waals surface area contributed by atoms with Gasteiger partial charge in [0.2, 0.25) is 0 Å². The molecule has 3 nitrogen and oxygen atoms in total. The van der Waals surface area contributed by atoms with Crippen molar-refractivity contribution in [2.45, 2.75) is 31.8 Å². The van der Waals surface area contributed by atoms with Gasteiger partial charge in [-0.1, -0.05) is 6.42 Å². The van der Waals surface area contributed by atoms with Crippen LogP contribution in [0.5, 0.6) is 0 Å². The summed E-state index contributed by atoms with van der Waals surface area (Å²) in [5.41, 5.74) is 7.41. The van der Waals surface area contributed by atoms with Crippen molar-refractivity contribution in [3.05, 3.63) is 30.1 Å². The van der Waals surface area contributed by atoms with E-state index in [4.69, 9.17) is 5.73 Å². The Labute approximate surface area is 97.7 Å². The summed E-state index contributed by atoms with van der Waals surface area (Å²) < 4.78 is 0. The van der Waals surface area contributed by atoms with Gasteiger partial charge >= 0.3 is 0 Å². The second kappa shape index (κ2) is 5.41. The van der Waals surface area contributed by atoms with Gasteiger partial charge in [0, 0.05) is 31.5 Å². The first kappa shape index (κ1) is 11.6. The molecule has 0 radical (unpaired) electrons. The summed E-state index contributed by atoms with van der Waals surface area (Å²) in [4.78, 5) is 6.40. The summed E-state index contributed by atoms with van der Waals surface area (Å²) in [6.07, 6.45) is 7.50. The average molecular weight is 219 g/mol. The highest BCUT2D eigenvalue weighted by Crippen LogP contribution is 2.24. The van der Waals surface area contributed by atoms with Crippen molar-refractivity contribution in [1.29, 1.82) is 0 Å². The van der Waals surface area contributed by atoms with E-state index in [0.29, 0.717) is 12.0 Å². The molecule has 2 unspecified atom stereocenters. The van der Waals surface area contributed by atoms with E-state index in [0.717, 1.165) is 13.1 Å². The molecule has 1 aliphatic rings. The zero-order valence-corrected chi connectivity index (χ0v) is 9.97. The highest BCUT2D eigenvalue weighted by Gasteiger charge is 2.24. The van der Waals surface area contributed by atoms with Crippen LogP contribution in [-0.2, 0) is 6.54 Å². The summed E-state index contributed by atoms with van der Waals surface area (Å²) in [6, 6.07) is 4.57. The van der Waals surface area contributed by atoms with E-state index < -0.39 is 0 Å². The Morgan fingerprint density at radius 2 is 2.12 bits per heavy atom. The minimum absolute atomic E-state index is 0.417. The molecular formula is C13H21N3. The summed E-state index contributed by atoms with van der Waals surface area (Å²) in [5.74, 6) is 0.687. The Morgan fingerprint density at radius 1 is 1.38 bits per heavy atom. The first-order valence-corrected chi connectivity index (χ1v) is 6.09. The monoisotopic (exact) mass is 219 g/mol. The van der Waals surface area contributed by atoms with Gasteiger partial charge in [-0.05, 0) is 43.5 Å². The van der Waals surface area contributed by atoms with Crippen LogP contribution < -0.4 is 5.73 Å². The lowest BCUT2D eigenvalue weighted by Gasteiger charge is -2.23. The topological polar surface area (TPSA) is 42.2 Å². The number of nitrogens with two attached hydrogens (primary N) is 1. The van der Waals surface area contributed by atoms with Crippen LogP contribution >= 0.6 is 0 Å². The first-order valence-electron chi connectivity index (χ1n) is 6.09. The third kappa shape index (κ3) is 3.03. The van der Waals surface area contributed by atoms with E-state index in [2.05, 4.69) is 29.1 Å². The van der Waals surface area contributed by atoms with Crippen LogP contribution in [-0.4, -0.2) is 29.5 Å². The fourth-order valence-electron chi connectivity index (χ4n) is 2.56. The van der Waals surface area contributed by atoms with Gasteiger partial charge in [0.1, 0.15) is 0 Å². The van der Waals surface area contributed by atoms with Gasteiger partial charge in [0.15, 0.2) is 0 Å². The average Bonchev–Trinajstić information content (AvgIpc) is 2.66. The maximum Gasteiger partial charge on any atom is 0.0271 e. The molecule has 1 heterocycles. The van der Waals surface area contributed by atoms with Crippen molar-refractivity contribution < 1.29 is 0 Å². The molecule has 2 atom stereocenters. The van der Waals surface area contributed by atoms with Gasteiger partial charge in [-0.15, -0.1) is 0 Å². The second-order valence-electron chi connectivity index (χ2n) is 4.91. The molecule has 1 aromatic heterocycles. The number of hydrogen-bond acceptors (Lipinski definition) is 3. The zero-order valence-electron chi connectivity index (χ0n) is 9.97. The summed E-state index contributed by atoms with van der Waals surface area (Å²) in [7, 11) is 2.17. The van der Waals surface area contributed by atoms with E-state index in [1.165, 1.54) is 24.8 Å². The first-order chi connectivity index (χ1) is 7.75. The van der Waals surface area contributed by atoms with E-state index in [9.17, 15) is 0 Å². The molecule has 0 bridgehead atoms. The van der Waals surface area contributed by atoms with Crippen LogP contribution in [0.4, 0.5) is 0 Å². The highest BCUT2D eigenvalue weighted by molar-refractivity contribution is 5.09. The van der Waals surface area contributed by atoms with Crippen molar-refractivity contribution in [1.82, 2.24) is 9.88 Å². The molecule has 88 valence electrons. The van der Waals surface area contributed by atoms with Crippen LogP contribution in [0.2, 0.25) is 0 Å². The smallest absolute Gasteiger partial charge is 0.0271 e. The third-order valence-corrected chi connectivity index (χ3v) is 3.47. The van der Waals surface area contributed by atoms with Crippen LogP contribution in [0.1, 0.15) is 24.8 Å². The molecule has 1 saturated carbocycles. The number of nitrogens with zero attached hydrogens (tertiary/aromatic N) is 2. The van der Waals surface area contributed by atoms with Crippen molar-refractivity contribution in [3.63, 3.8) is 0 Å². The van der Waals surface area contributed by atoms with Crippen molar-refractivity contribution >= 4 is 0 Å². The molecule has 3 heteroatoms. The lowest BCUT2D eigenvalue weighted by molar-refractivity contribution is 0.259. The Morgan fingerprint density at radius 3 is 2.75 bits per heavy atom. The SMILES string of the molecule is CN(Cc1ccncc1)CC1CCCC1N. The Kier molecular flexibility index (Phi) is 3.91. The fraction of sp³-hybridized carbons (Fsp3) is 0.615. The van der Waals surface area contributed by atoms with Crippen molar-refractivity contribution in [3.8, 4) is 0 Å². The Balaban J connectivity index is 1.82. The van der Waals surface area contributed by atoms with Gasteiger partial charge in [-0.3, -0.25) is 4.98 Å². The molecular weight excluding hydrogens is 198 g/mol. The summed E-state index contributed by atoms with van der Waals surface area (Å²) in [5, 5.41) is 0. The quantitative estimate of drug-likeness (QED) is 0.837. The van der Waals surface area contributed by atoms with Crippen molar-refractivity contribution in [2.75, 3.05) is 13.6 Å². The lowest BCUT2D eigenvalue weighted by Crippen LogP contribution is -2.34. The molecule has 0 spiro atoms.